The van der Waals surface area contributed by atoms with Crippen LogP contribution in [0.15, 0.2) is 47.5 Å². The zero-order valence-corrected chi connectivity index (χ0v) is 21.3. The molecule has 0 spiro atoms. The van der Waals surface area contributed by atoms with Crippen molar-refractivity contribution in [2.45, 2.75) is 39.5 Å². The van der Waals surface area contributed by atoms with Gasteiger partial charge in [-0.3, -0.25) is 0 Å². The summed E-state index contributed by atoms with van der Waals surface area (Å²) in [5, 5.41) is 6.63. The number of nitrogens with zero attached hydrogens (tertiary/aromatic N) is 1. The molecule has 0 atom stereocenters. The second kappa shape index (κ2) is 12.9. The first-order chi connectivity index (χ1) is 13.8. The number of benzene rings is 2. The minimum absolute atomic E-state index is 0. The molecule has 2 aromatic rings. The second-order valence-electron chi connectivity index (χ2n) is 7.15. The molecule has 0 aromatic heterocycles. The topological polar surface area (TPSA) is 82.6 Å². The van der Waals surface area contributed by atoms with Gasteiger partial charge in [0.1, 0.15) is 0 Å². The lowest BCUT2D eigenvalue weighted by atomic mass is 10.1. The number of hydrogen-bond donors (Lipinski definition) is 3. The van der Waals surface area contributed by atoms with E-state index in [1.54, 1.807) is 0 Å². The van der Waals surface area contributed by atoms with E-state index in [-0.39, 0.29) is 29.7 Å². The molecule has 3 N–H and O–H groups in total. The Hall–Kier alpha value is -1.65. The summed E-state index contributed by atoms with van der Waals surface area (Å²) in [5.41, 5.74) is 5.59. The highest BCUT2D eigenvalue weighted by atomic mass is 127. The molecule has 0 radical (unpaired) electrons. The van der Waals surface area contributed by atoms with Gasteiger partial charge in [0.25, 0.3) is 0 Å². The number of hydrogen-bond acceptors (Lipinski definition) is 3. The van der Waals surface area contributed by atoms with Crippen LogP contribution in [0.3, 0.4) is 0 Å². The van der Waals surface area contributed by atoms with E-state index < -0.39 is 10.0 Å². The molecule has 30 heavy (non-hydrogen) atoms. The summed E-state index contributed by atoms with van der Waals surface area (Å²) < 4.78 is 25.8. The number of halogens is 1. The third-order valence-electron chi connectivity index (χ3n) is 4.41. The fourth-order valence-corrected chi connectivity index (χ4v) is 3.92. The lowest BCUT2D eigenvalue weighted by Crippen LogP contribution is -2.38. The number of sulfonamides is 1. The molecule has 6 nitrogen and oxygen atoms in total. The van der Waals surface area contributed by atoms with E-state index in [0.29, 0.717) is 6.54 Å². The van der Waals surface area contributed by atoms with Gasteiger partial charge in [-0.1, -0.05) is 53.6 Å². The van der Waals surface area contributed by atoms with Gasteiger partial charge in [0.05, 0.1) is 12.3 Å². The minimum Gasteiger partial charge on any atom is -0.357 e. The Bertz CT molecular complexity index is 926. The molecule has 2 rings (SSSR count). The van der Waals surface area contributed by atoms with E-state index in [1.807, 2.05) is 31.2 Å². The minimum atomic E-state index is -3.28. The smallest absolute Gasteiger partial charge is 0.215 e. The average Bonchev–Trinajstić information content (AvgIpc) is 2.65. The molecule has 0 fully saturated rings. The summed E-state index contributed by atoms with van der Waals surface area (Å²) >= 11 is 0. The predicted octanol–water partition coefficient (Wildman–Crippen LogP) is 3.27. The predicted molar refractivity (Wildman–Crippen MR) is 136 cm³/mol. The van der Waals surface area contributed by atoms with Crippen molar-refractivity contribution in [3.8, 4) is 0 Å². The third-order valence-corrected chi connectivity index (χ3v) is 5.75. The average molecular weight is 545 g/mol. The Morgan fingerprint density at radius 3 is 2.27 bits per heavy atom. The molecular weight excluding hydrogens is 511 g/mol. The molecule has 0 aliphatic carbocycles. The maximum absolute atomic E-state index is 11.7. The van der Waals surface area contributed by atoms with Crippen molar-refractivity contribution in [1.29, 1.82) is 0 Å². The van der Waals surface area contributed by atoms with Gasteiger partial charge >= 0.3 is 0 Å². The number of guanidine groups is 1. The summed E-state index contributed by atoms with van der Waals surface area (Å²) in [6.45, 7) is 8.30. The highest BCUT2D eigenvalue weighted by Crippen LogP contribution is 2.10. The van der Waals surface area contributed by atoms with E-state index >= 15 is 0 Å². The van der Waals surface area contributed by atoms with Crippen LogP contribution in [0.4, 0.5) is 0 Å². The van der Waals surface area contributed by atoms with Crippen LogP contribution in [0.2, 0.25) is 0 Å². The highest BCUT2D eigenvalue weighted by molar-refractivity contribution is 14.0. The van der Waals surface area contributed by atoms with E-state index in [1.165, 1.54) is 23.7 Å². The van der Waals surface area contributed by atoms with Crippen LogP contribution in [0.25, 0.3) is 0 Å². The molecule has 0 saturated carbocycles. The molecule has 0 unspecified atom stereocenters. The molecule has 0 aliphatic rings. The van der Waals surface area contributed by atoms with Crippen LogP contribution in [-0.2, 0) is 28.7 Å². The maximum atomic E-state index is 11.7. The van der Waals surface area contributed by atoms with Crippen LogP contribution < -0.4 is 15.4 Å². The second-order valence-corrected chi connectivity index (χ2v) is 9.08. The van der Waals surface area contributed by atoms with Gasteiger partial charge in [-0.25, -0.2) is 18.1 Å². The number of aliphatic imine (C=N–C) groups is 1. The third kappa shape index (κ3) is 9.44. The zero-order chi connectivity index (χ0) is 21.3. The number of rotatable bonds is 9. The first-order valence-electron chi connectivity index (χ1n) is 9.89. The van der Waals surface area contributed by atoms with Crippen molar-refractivity contribution in [1.82, 2.24) is 15.4 Å². The summed E-state index contributed by atoms with van der Waals surface area (Å²) in [4.78, 5) is 4.64. The number of nitrogens with one attached hydrogen (secondary N) is 3. The molecule has 0 saturated heterocycles. The Morgan fingerprint density at radius 1 is 0.967 bits per heavy atom. The Balaban J connectivity index is 0.00000450. The first kappa shape index (κ1) is 26.4. The van der Waals surface area contributed by atoms with Crippen molar-refractivity contribution in [2.24, 2.45) is 4.99 Å². The van der Waals surface area contributed by atoms with E-state index in [9.17, 15) is 8.42 Å². The van der Waals surface area contributed by atoms with Crippen LogP contribution in [0, 0.1) is 13.8 Å². The quantitative estimate of drug-likeness (QED) is 0.257. The Morgan fingerprint density at radius 2 is 1.63 bits per heavy atom. The molecule has 0 bridgehead atoms. The summed E-state index contributed by atoms with van der Waals surface area (Å²) in [5.74, 6) is 0.722. The number of aryl methyl sites for hydroxylation is 2. The fourth-order valence-electron chi connectivity index (χ4n) is 3.16. The fraction of sp³-hybridized carbons (Fsp3) is 0.409. The van der Waals surface area contributed by atoms with Gasteiger partial charge in [0.2, 0.25) is 10.0 Å². The monoisotopic (exact) mass is 544 g/mol. The van der Waals surface area contributed by atoms with Crippen LogP contribution >= 0.6 is 24.0 Å². The standard InChI is InChI=1S/C22H32N4O2S.HI/c1-5-24-22(25-10-9-19-12-17(2)11-18(3)13-19)26-15-20-7-6-8-21(14-20)16-29(27,28)23-4;/h6-8,11-14,23H,5,9-10,15-16H2,1-4H3,(H2,24,25,26);1H. The largest absolute Gasteiger partial charge is 0.357 e. The molecule has 166 valence electrons. The van der Waals surface area contributed by atoms with Gasteiger partial charge in [-0.15, -0.1) is 24.0 Å². The highest BCUT2D eigenvalue weighted by Gasteiger charge is 2.08. The maximum Gasteiger partial charge on any atom is 0.215 e. The molecular formula is C22H33IN4O2S. The van der Waals surface area contributed by atoms with Crippen molar-refractivity contribution in [3.05, 3.63) is 70.3 Å². The Kier molecular flexibility index (Phi) is 11.4. The first-order valence-corrected chi connectivity index (χ1v) is 11.5. The molecule has 0 aliphatic heterocycles. The molecule has 8 heteroatoms. The van der Waals surface area contributed by atoms with E-state index in [0.717, 1.165) is 36.6 Å². The summed E-state index contributed by atoms with van der Waals surface area (Å²) in [6.07, 6.45) is 0.921. The van der Waals surface area contributed by atoms with Crippen molar-refractivity contribution < 1.29 is 8.42 Å². The SMILES string of the molecule is CCNC(=NCc1cccc(CS(=O)(=O)NC)c1)NCCc1cc(C)cc(C)c1.I. The van der Waals surface area contributed by atoms with E-state index in [2.05, 4.69) is 52.4 Å². The van der Waals surface area contributed by atoms with Gasteiger partial charge < -0.3 is 10.6 Å². The normalized spacial score (nSPS) is 11.7. The van der Waals surface area contributed by atoms with Gasteiger partial charge in [-0.05, 0) is 50.9 Å². The Labute approximate surface area is 198 Å². The summed E-state index contributed by atoms with van der Waals surface area (Å²) in [7, 11) is -1.86. The van der Waals surface area contributed by atoms with Crippen molar-refractivity contribution >= 4 is 40.0 Å². The van der Waals surface area contributed by atoms with Crippen molar-refractivity contribution in [3.63, 3.8) is 0 Å². The lowest BCUT2D eigenvalue weighted by molar-refractivity contribution is 0.587. The zero-order valence-electron chi connectivity index (χ0n) is 18.2. The van der Waals surface area contributed by atoms with Crippen LogP contribution in [-0.4, -0.2) is 34.5 Å². The molecule has 0 amide bonds. The molecule has 0 heterocycles. The lowest BCUT2D eigenvalue weighted by Gasteiger charge is -2.12. The van der Waals surface area contributed by atoms with Crippen LogP contribution in [0.5, 0.6) is 0 Å². The van der Waals surface area contributed by atoms with Gasteiger partial charge in [0.15, 0.2) is 5.96 Å². The summed E-state index contributed by atoms with van der Waals surface area (Å²) in [6, 6.07) is 14.1. The van der Waals surface area contributed by atoms with Crippen LogP contribution in [0.1, 0.15) is 34.7 Å². The molecule has 2 aromatic carbocycles. The van der Waals surface area contributed by atoms with Gasteiger partial charge in [0, 0.05) is 13.1 Å². The van der Waals surface area contributed by atoms with E-state index in [4.69, 9.17) is 0 Å². The van der Waals surface area contributed by atoms with Crippen molar-refractivity contribution in [2.75, 3.05) is 20.1 Å². The van der Waals surface area contributed by atoms with Gasteiger partial charge in [-0.2, -0.15) is 0 Å².